The number of allylic oxidation sites excluding steroid dienone is 1. The first kappa shape index (κ1) is 26.7. The third kappa shape index (κ3) is 6.39. The SMILES string of the molecule is O=C(NC1CC1)C(O)C1CC=CCCCCC[C@H](N2CCCCC2)C(=O)N2C[C@@H]3CCC[C@@H]3[C@H]2C(=O)N1. The van der Waals surface area contributed by atoms with Gasteiger partial charge in [0.15, 0.2) is 6.10 Å². The van der Waals surface area contributed by atoms with E-state index in [1.165, 1.54) is 6.42 Å². The normalized spacial score (nSPS) is 35.2. The number of likely N-dealkylation sites (tertiary alicyclic amines) is 1. The fourth-order valence-electron chi connectivity index (χ4n) is 7.12. The number of fused-ring (bicyclic) bond motifs is 3. The molecule has 2 saturated heterocycles. The Bertz CT molecular complexity index is 853. The van der Waals surface area contributed by atoms with Crippen LogP contribution in [0.25, 0.3) is 0 Å². The van der Waals surface area contributed by atoms with Crippen LogP contribution in [-0.4, -0.2) is 82.5 Å². The van der Waals surface area contributed by atoms with E-state index in [-0.39, 0.29) is 29.8 Å². The van der Waals surface area contributed by atoms with Crippen molar-refractivity contribution < 1.29 is 19.5 Å². The minimum atomic E-state index is -1.31. The second-order valence-electron chi connectivity index (χ2n) is 12.1. The van der Waals surface area contributed by atoms with Crippen molar-refractivity contribution >= 4 is 17.7 Å². The Labute approximate surface area is 221 Å². The van der Waals surface area contributed by atoms with Crippen LogP contribution in [0.1, 0.15) is 89.9 Å². The first-order chi connectivity index (χ1) is 18.0. The summed E-state index contributed by atoms with van der Waals surface area (Å²) in [7, 11) is 0. The lowest BCUT2D eigenvalue weighted by molar-refractivity contribution is -0.145. The lowest BCUT2D eigenvalue weighted by Gasteiger charge is -2.38. The van der Waals surface area contributed by atoms with Crippen LogP contribution < -0.4 is 10.6 Å². The number of rotatable bonds is 4. The van der Waals surface area contributed by atoms with Crippen molar-refractivity contribution in [2.75, 3.05) is 19.6 Å². The van der Waals surface area contributed by atoms with Gasteiger partial charge in [-0.25, -0.2) is 0 Å². The zero-order valence-corrected chi connectivity index (χ0v) is 22.3. The van der Waals surface area contributed by atoms with Crippen LogP contribution in [0.4, 0.5) is 0 Å². The molecule has 2 saturated carbocycles. The van der Waals surface area contributed by atoms with Crippen molar-refractivity contribution in [2.45, 2.75) is 120 Å². The minimum absolute atomic E-state index is 0.119. The summed E-state index contributed by atoms with van der Waals surface area (Å²) < 4.78 is 0. The quantitative estimate of drug-likeness (QED) is 0.501. The molecule has 0 aromatic rings. The number of aliphatic hydroxyl groups is 1. The minimum Gasteiger partial charge on any atom is -0.381 e. The summed E-state index contributed by atoms with van der Waals surface area (Å²) in [6.45, 7) is 2.57. The molecule has 0 aromatic heterocycles. The molecule has 5 aliphatic rings. The molecule has 206 valence electrons. The van der Waals surface area contributed by atoms with Crippen LogP contribution in [0.5, 0.6) is 0 Å². The van der Waals surface area contributed by atoms with Gasteiger partial charge in [0.2, 0.25) is 11.8 Å². The smallest absolute Gasteiger partial charge is 0.251 e. The van der Waals surface area contributed by atoms with Crippen LogP contribution in [0.3, 0.4) is 0 Å². The summed E-state index contributed by atoms with van der Waals surface area (Å²) in [4.78, 5) is 45.0. The maximum atomic E-state index is 14.2. The lowest BCUT2D eigenvalue weighted by atomic mass is 9.92. The molecule has 8 nitrogen and oxygen atoms in total. The number of amides is 3. The summed E-state index contributed by atoms with van der Waals surface area (Å²) in [6, 6.07) is -1.23. The number of aliphatic hydroxyl groups excluding tert-OH is 1. The van der Waals surface area contributed by atoms with E-state index < -0.39 is 24.1 Å². The second-order valence-corrected chi connectivity index (χ2v) is 12.1. The molecule has 0 spiro atoms. The molecule has 4 fully saturated rings. The Kier molecular flexibility index (Phi) is 8.86. The van der Waals surface area contributed by atoms with Gasteiger partial charge >= 0.3 is 0 Å². The predicted molar refractivity (Wildman–Crippen MR) is 141 cm³/mol. The summed E-state index contributed by atoms with van der Waals surface area (Å²) in [5, 5.41) is 16.9. The Morgan fingerprint density at radius 2 is 1.73 bits per heavy atom. The van der Waals surface area contributed by atoms with E-state index in [2.05, 4.69) is 21.6 Å². The first-order valence-electron chi connectivity index (χ1n) is 15.0. The van der Waals surface area contributed by atoms with E-state index in [4.69, 9.17) is 0 Å². The van der Waals surface area contributed by atoms with Gasteiger partial charge in [-0.2, -0.15) is 0 Å². The zero-order valence-electron chi connectivity index (χ0n) is 22.3. The van der Waals surface area contributed by atoms with Crippen LogP contribution in [0, 0.1) is 11.8 Å². The third-order valence-electron chi connectivity index (χ3n) is 9.36. The molecule has 8 heteroatoms. The van der Waals surface area contributed by atoms with Gasteiger partial charge in [0.1, 0.15) is 6.04 Å². The van der Waals surface area contributed by atoms with Crippen molar-refractivity contribution in [2.24, 2.45) is 11.8 Å². The van der Waals surface area contributed by atoms with Gasteiger partial charge in [-0.15, -0.1) is 0 Å². The van der Waals surface area contributed by atoms with Crippen molar-refractivity contribution in [3.8, 4) is 0 Å². The largest absolute Gasteiger partial charge is 0.381 e. The van der Waals surface area contributed by atoms with Gasteiger partial charge in [-0.3, -0.25) is 19.3 Å². The van der Waals surface area contributed by atoms with Crippen LogP contribution in [-0.2, 0) is 14.4 Å². The Morgan fingerprint density at radius 1 is 0.946 bits per heavy atom. The highest BCUT2D eigenvalue weighted by atomic mass is 16.3. The van der Waals surface area contributed by atoms with E-state index in [1.807, 2.05) is 11.0 Å². The van der Waals surface area contributed by atoms with Crippen LogP contribution in [0.15, 0.2) is 12.2 Å². The molecule has 2 unspecified atom stereocenters. The Hall–Kier alpha value is -1.93. The average Bonchev–Trinajstić information content (AvgIpc) is 3.47. The van der Waals surface area contributed by atoms with E-state index in [9.17, 15) is 19.5 Å². The molecule has 37 heavy (non-hydrogen) atoms. The van der Waals surface area contributed by atoms with Crippen LogP contribution >= 0.6 is 0 Å². The third-order valence-corrected chi connectivity index (χ3v) is 9.36. The zero-order chi connectivity index (χ0) is 25.8. The molecule has 6 atom stereocenters. The standard InChI is InChI=1S/C29H46N4O4/c34-26(28(36)30-21-15-16-21)23-13-6-3-1-2-4-7-14-24(32-17-8-5-9-18-32)29(37)33-19-20-11-10-12-22(20)25(33)27(35)31-23/h3,6,20-26,34H,1-2,4-5,7-19H2,(H,30,36)(H,31,35)/t20-,22-,23?,24-,25-,26?/m0/s1. The predicted octanol–water partition coefficient (Wildman–Crippen LogP) is 2.50. The van der Waals surface area contributed by atoms with Gasteiger partial charge in [-0.05, 0) is 89.1 Å². The second kappa shape index (κ2) is 12.3. The van der Waals surface area contributed by atoms with Crippen LogP contribution in [0.2, 0.25) is 0 Å². The number of hydrogen-bond donors (Lipinski definition) is 3. The molecule has 3 amide bonds. The van der Waals surface area contributed by atoms with Crippen molar-refractivity contribution in [1.29, 1.82) is 0 Å². The lowest BCUT2D eigenvalue weighted by Crippen LogP contribution is -2.58. The molecule has 2 aliphatic carbocycles. The summed E-state index contributed by atoms with van der Waals surface area (Å²) in [5.74, 6) is 0.0272. The summed E-state index contributed by atoms with van der Waals surface area (Å²) >= 11 is 0. The highest BCUT2D eigenvalue weighted by Gasteiger charge is 2.51. The fourth-order valence-corrected chi connectivity index (χ4v) is 7.12. The van der Waals surface area contributed by atoms with Gasteiger partial charge < -0.3 is 20.6 Å². The number of piperidine rings is 1. The van der Waals surface area contributed by atoms with E-state index in [1.54, 1.807) is 0 Å². The van der Waals surface area contributed by atoms with E-state index >= 15 is 0 Å². The summed E-state index contributed by atoms with van der Waals surface area (Å²) in [5.41, 5.74) is 0. The maximum Gasteiger partial charge on any atom is 0.251 e. The Morgan fingerprint density at radius 3 is 2.51 bits per heavy atom. The van der Waals surface area contributed by atoms with Crippen molar-refractivity contribution in [3.05, 3.63) is 12.2 Å². The molecule has 5 rings (SSSR count). The molecule has 0 radical (unpaired) electrons. The Balaban J connectivity index is 1.39. The molecule has 3 heterocycles. The molecular weight excluding hydrogens is 468 g/mol. The number of nitrogens with zero attached hydrogens (tertiary/aromatic N) is 2. The summed E-state index contributed by atoms with van der Waals surface area (Å²) in [6.07, 6.45) is 16.6. The molecule has 3 N–H and O–H groups in total. The maximum absolute atomic E-state index is 14.2. The van der Waals surface area contributed by atoms with Gasteiger partial charge in [-0.1, -0.05) is 37.8 Å². The monoisotopic (exact) mass is 514 g/mol. The van der Waals surface area contributed by atoms with Gasteiger partial charge in [0.05, 0.1) is 12.1 Å². The topological polar surface area (TPSA) is 102 Å². The fraction of sp³-hybridized carbons (Fsp3) is 0.828. The first-order valence-corrected chi connectivity index (χ1v) is 15.0. The molecule has 0 aromatic carbocycles. The number of carbonyl (C=O) groups is 3. The van der Waals surface area contributed by atoms with Crippen molar-refractivity contribution in [3.63, 3.8) is 0 Å². The number of carbonyl (C=O) groups excluding carboxylic acids is 3. The van der Waals surface area contributed by atoms with Gasteiger partial charge in [0, 0.05) is 12.6 Å². The van der Waals surface area contributed by atoms with E-state index in [0.29, 0.717) is 18.9 Å². The highest BCUT2D eigenvalue weighted by Crippen LogP contribution is 2.43. The molecular formula is C29H46N4O4. The van der Waals surface area contributed by atoms with E-state index in [0.717, 1.165) is 90.1 Å². The van der Waals surface area contributed by atoms with Gasteiger partial charge in [0.25, 0.3) is 5.91 Å². The molecule has 3 aliphatic heterocycles. The number of hydrogen-bond acceptors (Lipinski definition) is 5. The average molecular weight is 515 g/mol. The number of nitrogens with one attached hydrogen (secondary N) is 2. The molecule has 0 bridgehead atoms. The van der Waals surface area contributed by atoms with Crippen molar-refractivity contribution in [1.82, 2.24) is 20.4 Å². The highest BCUT2D eigenvalue weighted by molar-refractivity contribution is 5.91.